The van der Waals surface area contributed by atoms with Gasteiger partial charge in [-0.15, -0.1) is 0 Å². The van der Waals surface area contributed by atoms with Crippen LogP contribution >= 0.6 is 0 Å². The van der Waals surface area contributed by atoms with Crippen molar-refractivity contribution in [2.75, 3.05) is 6.54 Å². The number of hydrogen-bond donors (Lipinski definition) is 1. The fraction of sp³-hybridized carbons (Fsp3) is 0.462. The number of pyridine rings is 1. The summed E-state index contributed by atoms with van der Waals surface area (Å²) < 4.78 is 2.22. The van der Waals surface area contributed by atoms with E-state index >= 15 is 0 Å². The fourth-order valence-electron chi connectivity index (χ4n) is 2.62. The summed E-state index contributed by atoms with van der Waals surface area (Å²) in [5.74, 6) is 0. The van der Waals surface area contributed by atoms with E-state index in [1.54, 1.807) is 0 Å². The predicted octanol–water partition coefficient (Wildman–Crippen LogP) is 2.39. The average Bonchev–Trinajstić information content (AvgIpc) is 2.69. The quantitative estimate of drug-likeness (QED) is 0.791. The molecule has 1 unspecified atom stereocenters. The minimum Gasteiger partial charge on any atom is -0.331 e. The molecule has 3 rings (SSSR count). The van der Waals surface area contributed by atoms with Gasteiger partial charge in [-0.3, -0.25) is 0 Å². The highest BCUT2D eigenvalue weighted by molar-refractivity contribution is 5.77. The fourth-order valence-corrected chi connectivity index (χ4v) is 2.62. The van der Waals surface area contributed by atoms with E-state index in [9.17, 15) is 0 Å². The maximum absolute atomic E-state index is 4.43. The lowest BCUT2D eigenvalue weighted by Crippen LogP contribution is -2.28. The standard InChI is InChI=1S/C13H17N3/c1-16-12(11-6-2-3-7-14-11)9-10-5-4-8-15-13(10)16/h4-5,8-9,11,14H,2-3,6-7H2,1H3. The van der Waals surface area contributed by atoms with Gasteiger partial charge in [-0.05, 0) is 37.6 Å². The minimum absolute atomic E-state index is 0.507. The van der Waals surface area contributed by atoms with Crippen molar-refractivity contribution in [1.29, 1.82) is 0 Å². The molecular weight excluding hydrogens is 198 g/mol. The summed E-state index contributed by atoms with van der Waals surface area (Å²) in [6.07, 6.45) is 5.73. The molecule has 1 aliphatic rings. The summed E-state index contributed by atoms with van der Waals surface area (Å²) in [5.41, 5.74) is 2.46. The Labute approximate surface area is 95.5 Å². The van der Waals surface area contributed by atoms with Crippen molar-refractivity contribution < 1.29 is 0 Å². The van der Waals surface area contributed by atoms with Crippen LogP contribution in [-0.2, 0) is 7.05 Å². The molecular formula is C13H17N3. The molecule has 1 atom stereocenters. The summed E-state index contributed by atoms with van der Waals surface area (Å²) in [5, 5.41) is 4.83. The highest BCUT2D eigenvalue weighted by Gasteiger charge is 2.18. The zero-order valence-electron chi connectivity index (χ0n) is 9.61. The van der Waals surface area contributed by atoms with E-state index in [0.717, 1.165) is 12.2 Å². The second-order valence-corrected chi connectivity index (χ2v) is 4.55. The Morgan fingerprint density at radius 3 is 3.12 bits per heavy atom. The summed E-state index contributed by atoms with van der Waals surface area (Å²) in [7, 11) is 2.11. The molecule has 0 radical (unpaired) electrons. The molecule has 3 heterocycles. The van der Waals surface area contributed by atoms with Crippen LogP contribution < -0.4 is 5.32 Å². The smallest absolute Gasteiger partial charge is 0.139 e. The number of aromatic nitrogens is 2. The zero-order chi connectivity index (χ0) is 11.0. The van der Waals surface area contributed by atoms with E-state index in [4.69, 9.17) is 0 Å². The SMILES string of the molecule is Cn1c(C2CCCCN2)cc2cccnc21. The van der Waals surface area contributed by atoms with E-state index in [2.05, 4.69) is 34.0 Å². The highest BCUT2D eigenvalue weighted by atomic mass is 15.1. The molecule has 0 bridgehead atoms. The van der Waals surface area contributed by atoms with Crippen molar-refractivity contribution in [1.82, 2.24) is 14.9 Å². The first kappa shape index (κ1) is 9.85. The van der Waals surface area contributed by atoms with Crippen molar-refractivity contribution >= 4 is 11.0 Å². The lowest BCUT2D eigenvalue weighted by molar-refractivity contribution is 0.399. The first-order valence-corrected chi connectivity index (χ1v) is 6.00. The average molecular weight is 215 g/mol. The number of nitrogens with one attached hydrogen (secondary N) is 1. The second kappa shape index (κ2) is 3.91. The molecule has 1 N–H and O–H groups in total. The first-order chi connectivity index (χ1) is 7.86. The molecule has 16 heavy (non-hydrogen) atoms. The largest absolute Gasteiger partial charge is 0.331 e. The van der Waals surface area contributed by atoms with Crippen LogP contribution in [0.5, 0.6) is 0 Å². The number of fused-ring (bicyclic) bond motifs is 1. The molecule has 0 amide bonds. The van der Waals surface area contributed by atoms with Gasteiger partial charge < -0.3 is 9.88 Å². The lowest BCUT2D eigenvalue weighted by atomic mass is 10.0. The minimum atomic E-state index is 0.507. The molecule has 0 spiro atoms. The molecule has 1 saturated heterocycles. The maximum Gasteiger partial charge on any atom is 0.139 e. The summed E-state index contributed by atoms with van der Waals surface area (Å²) >= 11 is 0. The van der Waals surface area contributed by atoms with Crippen molar-refractivity contribution in [3.8, 4) is 0 Å². The van der Waals surface area contributed by atoms with Gasteiger partial charge in [-0.25, -0.2) is 4.98 Å². The molecule has 0 aromatic carbocycles. The molecule has 2 aromatic rings. The van der Waals surface area contributed by atoms with Crippen LogP contribution in [0.3, 0.4) is 0 Å². The van der Waals surface area contributed by atoms with Crippen LogP contribution in [0.15, 0.2) is 24.4 Å². The Hall–Kier alpha value is -1.35. The summed E-state index contributed by atoms with van der Waals surface area (Å²) in [6.45, 7) is 1.14. The van der Waals surface area contributed by atoms with Crippen molar-refractivity contribution in [3.63, 3.8) is 0 Å². The molecule has 0 saturated carbocycles. The van der Waals surface area contributed by atoms with Crippen molar-refractivity contribution in [2.45, 2.75) is 25.3 Å². The van der Waals surface area contributed by atoms with Crippen LogP contribution in [0, 0.1) is 0 Å². The molecule has 2 aromatic heterocycles. The third-order valence-corrected chi connectivity index (χ3v) is 3.49. The van der Waals surface area contributed by atoms with E-state index in [0.29, 0.717) is 6.04 Å². The van der Waals surface area contributed by atoms with Gasteiger partial charge in [-0.1, -0.05) is 6.42 Å². The lowest BCUT2D eigenvalue weighted by Gasteiger charge is -2.24. The van der Waals surface area contributed by atoms with Gasteiger partial charge in [0, 0.05) is 30.4 Å². The third-order valence-electron chi connectivity index (χ3n) is 3.49. The monoisotopic (exact) mass is 215 g/mol. The van der Waals surface area contributed by atoms with Gasteiger partial charge in [0.15, 0.2) is 0 Å². The van der Waals surface area contributed by atoms with Gasteiger partial charge in [0.2, 0.25) is 0 Å². The van der Waals surface area contributed by atoms with Crippen molar-refractivity contribution in [3.05, 3.63) is 30.1 Å². The number of nitrogens with zero attached hydrogens (tertiary/aromatic N) is 2. The van der Waals surface area contributed by atoms with E-state index in [1.165, 1.54) is 30.3 Å². The van der Waals surface area contributed by atoms with Gasteiger partial charge in [-0.2, -0.15) is 0 Å². The number of hydrogen-bond acceptors (Lipinski definition) is 2. The van der Waals surface area contributed by atoms with E-state index < -0.39 is 0 Å². The topological polar surface area (TPSA) is 29.9 Å². The van der Waals surface area contributed by atoms with Crippen LogP contribution in [0.1, 0.15) is 31.0 Å². The number of aryl methyl sites for hydroxylation is 1. The van der Waals surface area contributed by atoms with Crippen LogP contribution in [0.4, 0.5) is 0 Å². The number of piperidine rings is 1. The molecule has 1 aliphatic heterocycles. The summed E-state index contributed by atoms with van der Waals surface area (Å²) in [4.78, 5) is 4.43. The van der Waals surface area contributed by atoms with Gasteiger partial charge in [0.25, 0.3) is 0 Å². The maximum atomic E-state index is 4.43. The van der Waals surface area contributed by atoms with Gasteiger partial charge in [0.1, 0.15) is 5.65 Å². The normalized spacial score (nSPS) is 21.4. The third kappa shape index (κ3) is 1.52. The van der Waals surface area contributed by atoms with E-state index in [1.807, 2.05) is 12.3 Å². The first-order valence-electron chi connectivity index (χ1n) is 6.00. The Morgan fingerprint density at radius 2 is 2.38 bits per heavy atom. The number of rotatable bonds is 1. The molecule has 1 fully saturated rings. The molecule has 0 aliphatic carbocycles. The van der Waals surface area contributed by atoms with Crippen molar-refractivity contribution in [2.24, 2.45) is 7.05 Å². The zero-order valence-corrected chi connectivity index (χ0v) is 9.61. The van der Waals surface area contributed by atoms with Crippen LogP contribution in [0.2, 0.25) is 0 Å². The molecule has 3 nitrogen and oxygen atoms in total. The Morgan fingerprint density at radius 1 is 1.44 bits per heavy atom. The van der Waals surface area contributed by atoms with Gasteiger partial charge >= 0.3 is 0 Å². The Bertz CT molecular complexity index is 495. The molecule has 3 heteroatoms. The molecule has 84 valence electrons. The van der Waals surface area contributed by atoms with Crippen LogP contribution in [0.25, 0.3) is 11.0 Å². The second-order valence-electron chi connectivity index (χ2n) is 4.55. The van der Waals surface area contributed by atoms with Gasteiger partial charge in [0.05, 0.1) is 0 Å². The summed E-state index contributed by atoms with van der Waals surface area (Å²) in [6, 6.07) is 6.91. The predicted molar refractivity (Wildman–Crippen MR) is 65.3 cm³/mol. The Kier molecular flexibility index (Phi) is 2.40. The van der Waals surface area contributed by atoms with Crippen LogP contribution in [-0.4, -0.2) is 16.1 Å². The highest BCUT2D eigenvalue weighted by Crippen LogP contribution is 2.27. The Balaban J connectivity index is 2.05. The van der Waals surface area contributed by atoms with E-state index in [-0.39, 0.29) is 0 Å².